The fraction of sp³-hybridized carbons (Fsp3) is 0.294. The molecule has 21 heavy (non-hydrogen) atoms. The number of rotatable bonds is 5. The second-order valence-electron chi connectivity index (χ2n) is 4.97. The maximum Gasteiger partial charge on any atom is 0.133 e. The molecule has 0 unspecified atom stereocenters. The van der Waals surface area contributed by atoms with Crippen LogP contribution in [0.15, 0.2) is 30.3 Å². The van der Waals surface area contributed by atoms with Gasteiger partial charge in [-0.15, -0.1) is 0 Å². The first-order valence-electron chi connectivity index (χ1n) is 6.95. The van der Waals surface area contributed by atoms with E-state index in [2.05, 4.69) is 12.2 Å². The highest BCUT2D eigenvalue weighted by Gasteiger charge is 2.10. The van der Waals surface area contributed by atoms with E-state index in [0.717, 1.165) is 39.8 Å². The molecule has 4 heteroatoms. The zero-order valence-corrected chi connectivity index (χ0v) is 14.0. The van der Waals surface area contributed by atoms with Crippen LogP contribution in [0.2, 0.25) is 10.0 Å². The molecule has 0 radical (unpaired) electrons. The van der Waals surface area contributed by atoms with E-state index in [9.17, 15) is 0 Å². The standard InChI is InChI=1S/C17H19Cl2NO/c1-4-20-10-14-15(18)6-5-7-16(14)21-13-8-11(2)17(19)12(3)9-13/h5-9,20H,4,10H2,1-3H3. The highest BCUT2D eigenvalue weighted by atomic mass is 35.5. The molecule has 0 bridgehead atoms. The number of hydrogen-bond donors (Lipinski definition) is 1. The number of benzene rings is 2. The molecule has 0 spiro atoms. The van der Waals surface area contributed by atoms with Gasteiger partial charge >= 0.3 is 0 Å². The third-order valence-electron chi connectivity index (χ3n) is 3.27. The van der Waals surface area contributed by atoms with Crippen molar-refractivity contribution in [2.75, 3.05) is 6.54 Å². The van der Waals surface area contributed by atoms with Crippen LogP contribution < -0.4 is 10.1 Å². The molecule has 0 aromatic heterocycles. The zero-order chi connectivity index (χ0) is 15.4. The van der Waals surface area contributed by atoms with Gasteiger partial charge in [0, 0.05) is 22.2 Å². The molecule has 112 valence electrons. The molecular formula is C17H19Cl2NO. The predicted molar refractivity (Wildman–Crippen MR) is 89.8 cm³/mol. The highest BCUT2D eigenvalue weighted by Crippen LogP contribution is 2.33. The lowest BCUT2D eigenvalue weighted by Gasteiger charge is -2.14. The summed E-state index contributed by atoms with van der Waals surface area (Å²) in [6.07, 6.45) is 0. The average Bonchev–Trinajstić information content (AvgIpc) is 2.44. The number of hydrogen-bond acceptors (Lipinski definition) is 2. The Labute approximate surface area is 136 Å². The van der Waals surface area contributed by atoms with Crippen molar-refractivity contribution in [2.24, 2.45) is 0 Å². The molecular weight excluding hydrogens is 305 g/mol. The summed E-state index contributed by atoms with van der Waals surface area (Å²) in [5.41, 5.74) is 2.97. The van der Waals surface area contributed by atoms with Gasteiger partial charge in [-0.3, -0.25) is 0 Å². The fourth-order valence-electron chi connectivity index (χ4n) is 2.15. The minimum Gasteiger partial charge on any atom is -0.457 e. The van der Waals surface area contributed by atoms with Crippen molar-refractivity contribution in [1.82, 2.24) is 5.32 Å². The lowest BCUT2D eigenvalue weighted by molar-refractivity contribution is 0.472. The van der Waals surface area contributed by atoms with Crippen molar-refractivity contribution in [3.8, 4) is 11.5 Å². The Morgan fingerprint density at radius 3 is 2.38 bits per heavy atom. The third kappa shape index (κ3) is 3.91. The highest BCUT2D eigenvalue weighted by molar-refractivity contribution is 6.32. The lowest BCUT2D eigenvalue weighted by Crippen LogP contribution is -2.12. The van der Waals surface area contributed by atoms with Gasteiger partial charge in [0.1, 0.15) is 11.5 Å². The number of halogens is 2. The van der Waals surface area contributed by atoms with Gasteiger partial charge < -0.3 is 10.1 Å². The van der Waals surface area contributed by atoms with Crippen LogP contribution in [0.1, 0.15) is 23.6 Å². The topological polar surface area (TPSA) is 21.3 Å². The summed E-state index contributed by atoms with van der Waals surface area (Å²) in [5.74, 6) is 1.54. The Hall–Kier alpha value is -1.22. The van der Waals surface area contributed by atoms with E-state index in [4.69, 9.17) is 27.9 Å². The van der Waals surface area contributed by atoms with Gasteiger partial charge in [0.25, 0.3) is 0 Å². The molecule has 1 N–H and O–H groups in total. The molecule has 2 aromatic rings. The first-order chi connectivity index (χ1) is 10.0. The SMILES string of the molecule is CCNCc1c(Cl)cccc1Oc1cc(C)c(Cl)c(C)c1. The minimum atomic E-state index is 0.678. The minimum absolute atomic E-state index is 0.678. The molecule has 0 atom stereocenters. The zero-order valence-electron chi connectivity index (χ0n) is 12.5. The Balaban J connectivity index is 2.33. The van der Waals surface area contributed by atoms with Gasteiger partial charge in [-0.2, -0.15) is 0 Å². The van der Waals surface area contributed by atoms with Gasteiger partial charge in [-0.05, 0) is 55.8 Å². The van der Waals surface area contributed by atoms with Crippen molar-refractivity contribution in [2.45, 2.75) is 27.3 Å². The molecule has 2 aromatic carbocycles. The molecule has 0 saturated carbocycles. The van der Waals surface area contributed by atoms with Gasteiger partial charge in [-0.1, -0.05) is 36.2 Å². The van der Waals surface area contributed by atoms with E-state index < -0.39 is 0 Å². The van der Waals surface area contributed by atoms with Crippen LogP contribution >= 0.6 is 23.2 Å². The van der Waals surface area contributed by atoms with Crippen LogP contribution in [0.5, 0.6) is 11.5 Å². The predicted octanol–water partition coefficient (Wildman–Crippen LogP) is 5.51. The molecule has 0 aliphatic rings. The fourth-order valence-corrected chi connectivity index (χ4v) is 2.49. The van der Waals surface area contributed by atoms with E-state index >= 15 is 0 Å². The van der Waals surface area contributed by atoms with Crippen LogP contribution in [0.3, 0.4) is 0 Å². The molecule has 0 heterocycles. The Morgan fingerprint density at radius 1 is 1.10 bits per heavy atom. The smallest absolute Gasteiger partial charge is 0.133 e. The monoisotopic (exact) mass is 323 g/mol. The Kier molecular flexibility index (Phi) is 5.51. The summed E-state index contributed by atoms with van der Waals surface area (Å²) >= 11 is 12.5. The van der Waals surface area contributed by atoms with Gasteiger partial charge in [0.2, 0.25) is 0 Å². The second-order valence-corrected chi connectivity index (χ2v) is 5.76. The van der Waals surface area contributed by atoms with Crippen molar-refractivity contribution >= 4 is 23.2 Å². The quantitative estimate of drug-likeness (QED) is 0.783. The summed E-state index contributed by atoms with van der Waals surface area (Å²) in [6, 6.07) is 9.57. The normalized spacial score (nSPS) is 10.7. The second kappa shape index (κ2) is 7.17. The van der Waals surface area contributed by atoms with Gasteiger partial charge in [0.15, 0.2) is 0 Å². The van der Waals surface area contributed by atoms with Crippen LogP contribution in [-0.2, 0) is 6.54 Å². The van der Waals surface area contributed by atoms with Crippen LogP contribution in [0, 0.1) is 13.8 Å². The number of aryl methyl sites for hydroxylation is 2. The lowest BCUT2D eigenvalue weighted by atomic mass is 10.1. The molecule has 0 aliphatic heterocycles. The summed E-state index contributed by atoms with van der Waals surface area (Å²) in [4.78, 5) is 0. The van der Waals surface area contributed by atoms with Crippen molar-refractivity contribution in [3.63, 3.8) is 0 Å². The van der Waals surface area contributed by atoms with Gasteiger partial charge in [0.05, 0.1) is 0 Å². The maximum absolute atomic E-state index is 6.28. The molecule has 2 rings (SSSR count). The summed E-state index contributed by atoms with van der Waals surface area (Å²) in [7, 11) is 0. The summed E-state index contributed by atoms with van der Waals surface area (Å²) in [6.45, 7) is 7.56. The van der Waals surface area contributed by atoms with Gasteiger partial charge in [-0.25, -0.2) is 0 Å². The Bertz CT molecular complexity index is 618. The number of ether oxygens (including phenoxy) is 1. The molecule has 0 aliphatic carbocycles. The first kappa shape index (κ1) is 16.2. The van der Waals surface area contributed by atoms with Crippen molar-refractivity contribution < 1.29 is 4.74 Å². The van der Waals surface area contributed by atoms with E-state index in [0.29, 0.717) is 11.6 Å². The molecule has 0 amide bonds. The summed E-state index contributed by atoms with van der Waals surface area (Å²) in [5, 5.41) is 4.76. The van der Waals surface area contributed by atoms with E-state index in [1.165, 1.54) is 0 Å². The Morgan fingerprint density at radius 2 is 1.76 bits per heavy atom. The number of nitrogens with one attached hydrogen (secondary N) is 1. The van der Waals surface area contributed by atoms with Crippen LogP contribution in [0.25, 0.3) is 0 Å². The van der Waals surface area contributed by atoms with E-state index in [1.54, 1.807) is 0 Å². The molecule has 2 nitrogen and oxygen atoms in total. The molecule has 0 saturated heterocycles. The summed E-state index contributed by atoms with van der Waals surface area (Å²) < 4.78 is 6.02. The van der Waals surface area contributed by atoms with Crippen LogP contribution in [0.4, 0.5) is 0 Å². The van der Waals surface area contributed by atoms with E-state index in [1.807, 2.05) is 44.2 Å². The van der Waals surface area contributed by atoms with Crippen LogP contribution in [-0.4, -0.2) is 6.54 Å². The average molecular weight is 324 g/mol. The largest absolute Gasteiger partial charge is 0.457 e. The van der Waals surface area contributed by atoms with Crippen molar-refractivity contribution in [1.29, 1.82) is 0 Å². The van der Waals surface area contributed by atoms with E-state index in [-0.39, 0.29) is 0 Å². The molecule has 0 fully saturated rings. The van der Waals surface area contributed by atoms with Crippen molar-refractivity contribution in [3.05, 3.63) is 57.1 Å². The third-order valence-corrected chi connectivity index (χ3v) is 4.22. The maximum atomic E-state index is 6.28. The first-order valence-corrected chi connectivity index (χ1v) is 7.71.